The van der Waals surface area contributed by atoms with Crippen LogP contribution in [0, 0.1) is 6.92 Å². The molecule has 116 valence electrons. The Labute approximate surface area is 128 Å². The molecule has 0 bridgehead atoms. The van der Waals surface area contributed by atoms with Crippen LogP contribution >= 0.6 is 11.6 Å². The van der Waals surface area contributed by atoms with Gasteiger partial charge in [0.05, 0.1) is 25.2 Å². The van der Waals surface area contributed by atoms with Crippen molar-refractivity contribution in [2.45, 2.75) is 17.9 Å². The van der Waals surface area contributed by atoms with Gasteiger partial charge in [-0.1, -0.05) is 17.7 Å². The number of benzene rings is 1. The highest BCUT2D eigenvalue weighted by molar-refractivity contribution is 7.89. The number of nitrogens with zero attached hydrogens (tertiary/aromatic N) is 1. The highest BCUT2D eigenvalue weighted by atomic mass is 35.5. The summed E-state index contributed by atoms with van der Waals surface area (Å²) in [6.45, 7) is 1.95. The summed E-state index contributed by atoms with van der Waals surface area (Å²) in [7, 11) is -2.49. The zero-order valence-electron chi connectivity index (χ0n) is 11.7. The number of rotatable bonds is 3. The molecule has 1 heterocycles. The zero-order chi connectivity index (χ0) is 15.6. The summed E-state index contributed by atoms with van der Waals surface area (Å²) in [4.78, 5) is 11.6. The second kappa shape index (κ2) is 6.31. The predicted octanol–water partition coefficient (Wildman–Crippen LogP) is 1.21. The number of morpholine rings is 1. The van der Waals surface area contributed by atoms with Crippen LogP contribution in [0.2, 0.25) is 5.02 Å². The van der Waals surface area contributed by atoms with E-state index in [4.69, 9.17) is 16.3 Å². The van der Waals surface area contributed by atoms with Crippen LogP contribution in [0.5, 0.6) is 0 Å². The number of methoxy groups -OCH3 is 1. The quantitative estimate of drug-likeness (QED) is 0.777. The number of hydrogen-bond acceptors (Lipinski definition) is 5. The lowest BCUT2D eigenvalue weighted by Gasteiger charge is -2.31. The molecule has 1 aliphatic heterocycles. The Balaban J connectivity index is 2.31. The van der Waals surface area contributed by atoms with Crippen molar-refractivity contribution in [2.75, 3.05) is 26.8 Å². The SMILES string of the molecule is COC(=O)C1CN(S(=O)(=O)c2cc(Cl)ccc2C)CCO1. The number of sulfonamides is 1. The van der Waals surface area contributed by atoms with Gasteiger partial charge in [0, 0.05) is 11.6 Å². The maximum atomic E-state index is 12.7. The summed E-state index contributed by atoms with van der Waals surface area (Å²) in [6, 6.07) is 4.69. The van der Waals surface area contributed by atoms with Gasteiger partial charge < -0.3 is 9.47 Å². The summed E-state index contributed by atoms with van der Waals surface area (Å²) in [5.41, 5.74) is 0.598. The first-order valence-electron chi connectivity index (χ1n) is 6.32. The molecule has 6 nitrogen and oxygen atoms in total. The van der Waals surface area contributed by atoms with Gasteiger partial charge in [-0.3, -0.25) is 0 Å². The molecule has 0 amide bonds. The fourth-order valence-electron chi connectivity index (χ4n) is 2.11. The summed E-state index contributed by atoms with van der Waals surface area (Å²) in [5.74, 6) is -0.585. The summed E-state index contributed by atoms with van der Waals surface area (Å²) >= 11 is 5.88. The van der Waals surface area contributed by atoms with E-state index in [1.807, 2.05) is 0 Å². The van der Waals surface area contributed by atoms with E-state index in [0.717, 1.165) is 0 Å². The first-order valence-corrected chi connectivity index (χ1v) is 8.14. The van der Waals surface area contributed by atoms with Crippen LogP contribution in [0.1, 0.15) is 5.56 Å². The lowest BCUT2D eigenvalue weighted by molar-refractivity contribution is -0.157. The Morgan fingerprint density at radius 2 is 2.19 bits per heavy atom. The minimum atomic E-state index is -3.73. The molecule has 1 fully saturated rings. The van der Waals surface area contributed by atoms with Gasteiger partial charge in [0.15, 0.2) is 6.10 Å². The van der Waals surface area contributed by atoms with Crippen molar-refractivity contribution in [3.63, 3.8) is 0 Å². The zero-order valence-corrected chi connectivity index (χ0v) is 13.3. The first-order chi connectivity index (χ1) is 9.86. The second-order valence-electron chi connectivity index (χ2n) is 4.66. The van der Waals surface area contributed by atoms with Crippen molar-refractivity contribution in [3.8, 4) is 0 Å². The van der Waals surface area contributed by atoms with Gasteiger partial charge in [0.25, 0.3) is 0 Å². The number of hydrogen-bond donors (Lipinski definition) is 0. The van der Waals surface area contributed by atoms with E-state index in [0.29, 0.717) is 10.6 Å². The average molecular weight is 334 g/mol. The van der Waals surface area contributed by atoms with E-state index in [1.54, 1.807) is 19.1 Å². The van der Waals surface area contributed by atoms with E-state index in [2.05, 4.69) is 4.74 Å². The van der Waals surface area contributed by atoms with Crippen molar-refractivity contribution in [3.05, 3.63) is 28.8 Å². The third-order valence-electron chi connectivity index (χ3n) is 3.26. The highest BCUT2D eigenvalue weighted by Gasteiger charge is 2.35. The van der Waals surface area contributed by atoms with Crippen LogP contribution in [-0.2, 0) is 24.3 Å². The second-order valence-corrected chi connectivity index (χ2v) is 7.00. The fourth-order valence-corrected chi connectivity index (χ4v) is 4.02. The smallest absolute Gasteiger partial charge is 0.336 e. The summed E-state index contributed by atoms with van der Waals surface area (Å²) in [6.07, 6.45) is -0.905. The molecule has 1 aromatic carbocycles. The number of halogens is 1. The Hall–Kier alpha value is -1.15. The molecule has 1 aliphatic rings. The van der Waals surface area contributed by atoms with Crippen molar-refractivity contribution >= 4 is 27.6 Å². The van der Waals surface area contributed by atoms with Gasteiger partial charge >= 0.3 is 5.97 Å². The maximum absolute atomic E-state index is 12.7. The van der Waals surface area contributed by atoms with Crippen LogP contribution < -0.4 is 0 Å². The van der Waals surface area contributed by atoms with Gasteiger partial charge in [-0.15, -0.1) is 0 Å². The number of aryl methyl sites for hydroxylation is 1. The van der Waals surface area contributed by atoms with E-state index < -0.39 is 22.1 Å². The van der Waals surface area contributed by atoms with Crippen molar-refractivity contribution < 1.29 is 22.7 Å². The normalized spacial score (nSPS) is 20.2. The number of carbonyl (C=O) groups excluding carboxylic acids is 1. The Morgan fingerprint density at radius 1 is 1.48 bits per heavy atom. The molecule has 0 spiro atoms. The molecule has 2 rings (SSSR count). The third kappa shape index (κ3) is 3.37. The third-order valence-corrected chi connectivity index (χ3v) is 5.50. The molecule has 0 N–H and O–H groups in total. The summed E-state index contributed by atoms with van der Waals surface area (Å²) in [5, 5.41) is 0.344. The molecular formula is C13H16ClNO5S. The largest absolute Gasteiger partial charge is 0.467 e. The van der Waals surface area contributed by atoms with Gasteiger partial charge in [0.1, 0.15) is 0 Å². The Morgan fingerprint density at radius 3 is 2.86 bits per heavy atom. The number of carbonyl (C=O) groups is 1. The maximum Gasteiger partial charge on any atom is 0.336 e. The molecule has 1 aromatic rings. The summed E-state index contributed by atoms with van der Waals surface area (Å²) < 4.78 is 36.4. The molecule has 0 aliphatic carbocycles. The molecule has 8 heteroatoms. The molecular weight excluding hydrogens is 318 g/mol. The molecule has 0 radical (unpaired) electrons. The molecule has 1 unspecified atom stereocenters. The minimum absolute atomic E-state index is 0.0685. The van der Waals surface area contributed by atoms with Crippen LogP contribution in [0.3, 0.4) is 0 Å². The van der Waals surface area contributed by atoms with Crippen molar-refractivity contribution in [2.24, 2.45) is 0 Å². The van der Waals surface area contributed by atoms with E-state index >= 15 is 0 Å². The van der Waals surface area contributed by atoms with Gasteiger partial charge in [-0.25, -0.2) is 13.2 Å². The van der Waals surface area contributed by atoms with E-state index in [-0.39, 0.29) is 24.6 Å². The van der Waals surface area contributed by atoms with Crippen molar-refractivity contribution in [1.29, 1.82) is 0 Å². The monoisotopic (exact) mass is 333 g/mol. The molecule has 1 atom stereocenters. The van der Waals surface area contributed by atoms with Crippen LogP contribution in [0.15, 0.2) is 23.1 Å². The van der Waals surface area contributed by atoms with Gasteiger partial charge in [0.2, 0.25) is 10.0 Å². The lowest BCUT2D eigenvalue weighted by Crippen LogP contribution is -2.48. The van der Waals surface area contributed by atoms with Gasteiger partial charge in [-0.05, 0) is 24.6 Å². The lowest BCUT2D eigenvalue weighted by atomic mass is 10.2. The van der Waals surface area contributed by atoms with Gasteiger partial charge in [-0.2, -0.15) is 4.31 Å². The van der Waals surface area contributed by atoms with Crippen LogP contribution in [0.4, 0.5) is 0 Å². The molecule has 1 saturated heterocycles. The molecule has 0 saturated carbocycles. The standard InChI is InChI=1S/C13H16ClNO5S/c1-9-3-4-10(14)7-12(9)21(17,18)15-5-6-20-11(8-15)13(16)19-2/h3-4,7,11H,5-6,8H2,1-2H3. The first kappa shape index (κ1) is 16.2. The predicted molar refractivity (Wildman–Crippen MR) is 76.7 cm³/mol. The fraction of sp³-hybridized carbons (Fsp3) is 0.462. The Bertz CT molecular complexity index is 646. The number of ether oxygens (including phenoxy) is 2. The number of esters is 1. The van der Waals surface area contributed by atoms with E-state index in [1.165, 1.54) is 17.5 Å². The molecule has 21 heavy (non-hydrogen) atoms. The van der Waals surface area contributed by atoms with E-state index in [9.17, 15) is 13.2 Å². The average Bonchev–Trinajstić information content (AvgIpc) is 2.49. The Kier molecular flexibility index (Phi) is 4.88. The van der Waals surface area contributed by atoms with Crippen molar-refractivity contribution in [1.82, 2.24) is 4.31 Å². The van der Waals surface area contributed by atoms with Crippen LogP contribution in [-0.4, -0.2) is 51.6 Å². The highest BCUT2D eigenvalue weighted by Crippen LogP contribution is 2.25. The van der Waals surface area contributed by atoms with Crippen LogP contribution in [0.25, 0.3) is 0 Å². The minimum Gasteiger partial charge on any atom is -0.467 e. The topological polar surface area (TPSA) is 72.9 Å². The molecule has 0 aromatic heterocycles.